The second kappa shape index (κ2) is 5.29. The Kier molecular flexibility index (Phi) is 3.55. The molecule has 1 saturated heterocycles. The molecule has 1 aromatic rings. The van der Waals surface area contributed by atoms with E-state index in [2.05, 4.69) is 48.3 Å². The van der Waals surface area contributed by atoms with Crippen LogP contribution in [0.5, 0.6) is 0 Å². The molecule has 0 aromatic heterocycles. The third-order valence-corrected chi connectivity index (χ3v) is 6.97. The molecule has 1 saturated carbocycles. The van der Waals surface area contributed by atoms with Gasteiger partial charge in [0.05, 0.1) is 0 Å². The van der Waals surface area contributed by atoms with Crippen LogP contribution in [0, 0.1) is 5.92 Å². The Labute approximate surface area is 132 Å². The second-order valence-electron chi connectivity index (χ2n) is 7.36. The van der Waals surface area contributed by atoms with Crippen LogP contribution in [0.2, 0.25) is 0 Å². The summed E-state index contributed by atoms with van der Waals surface area (Å²) in [7, 11) is 0. The molecule has 0 amide bonds. The fourth-order valence-electron chi connectivity index (χ4n) is 4.13. The molecule has 3 atom stereocenters. The van der Waals surface area contributed by atoms with E-state index in [-0.39, 0.29) is 0 Å². The third kappa shape index (κ3) is 2.54. The van der Waals surface area contributed by atoms with Crippen LogP contribution < -0.4 is 5.32 Å². The predicted octanol–water partition coefficient (Wildman–Crippen LogP) is 3.34. The molecule has 3 aliphatic rings. The van der Waals surface area contributed by atoms with Gasteiger partial charge in [-0.05, 0) is 44.2 Å². The Balaban J connectivity index is 1.55. The van der Waals surface area contributed by atoms with Crippen molar-refractivity contribution in [2.45, 2.75) is 49.1 Å². The molecule has 3 heteroatoms. The first-order valence-corrected chi connectivity index (χ1v) is 9.35. The molecule has 2 aliphatic heterocycles. The molecule has 4 rings (SSSR count). The Bertz CT molecular complexity index is 528. The van der Waals surface area contributed by atoms with Gasteiger partial charge in [-0.3, -0.25) is 4.90 Å². The average Bonchev–Trinajstić information content (AvgIpc) is 3.27. The minimum atomic E-state index is 0.384. The largest absolute Gasteiger partial charge is 0.311 e. The number of hydrogen-bond acceptors (Lipinski definition) is 3. The lowest BCUT2D eigenvalue weighted by Gasteiger charge is -2.49. The van der Waals surface area contributed by atoms with Crippen molar-refractivity contribution in [1.82, 2.24) is 10.2 Å². The van der Waals surface area contributed by atoms with Crippen molar-refractivity contribution < 1.29 is 0 Å². The van der Waals surface area contributed by atoms with E-state index in [0.29, 0.717) is 11.6 Å². The van der Waals surface area contributed by atoms with Crippen LogP contribution in [0.4, 0.5) is 0 Å². The molecule has 3 unspecified atom stereocenters. The van der Waals surface area contributed by atoms with Crippen LogP contribution in [-0.4, -0.2) is 41.9 Å². The molecule has 114 valence electrons. The predicted molar refractivity (Wildman–Crippen MR) is 90.1 cm³/mol. The van der Waals surface area contributed by atoms with Crippen LogP contribution in [0.15, 0.2) is 29.2 Å². The Morgan fingerprint density at radius 1 is 1.33 bits per heavy atom. The summed E-state index contributed by atoms with van der Waals surface area (Å²) in [6, 6.07) is 9.65. The lowest BCUT2D eigenvalue weighted by atomic mass is 9.88. The Hall–Kier alpha value is -0.510. The zero-order valence-corrected chi connectivity index (χ0v) is 14.0. The van der Waals surface area contributed by atoms with Crippen LogP contribution in [0.25, 0.3) is 0 Å². The van der Waals surface area contributed by atoms with E-state index < -0.39 is 0 Å². The van der Waals surface area contributed by atoms with Gasteiger partial charge in [0.2, 0.25) is 0 Å². The quantitative estimate of drug-likeness (QED) is 0.922. The summed E-state index contributed by atoms with van der Waals surface area (Å²) in [6.07, 6.45) is 2.86. The zero-order valence-electron chi connectivity index (χ0n) is 13.1. The summed E-state index contributed by atoms with van der Waals surface area (Å²) in [5, 5.41) is 3.72. The molecule has 1 aromatic carbocycles. The summed E-state index contributed by atoms with van der Waals surface area (Å²) < 4.78 is 0. The summed E-state index contributed by atoms with van der Waals surface area (Å²) in [5.74, 6) is 2.90. The molecule has 1 aliphatic carbocycles. The maximum Gasteiger partial charge on any atom is 0.0334 e. The number of thioether (sulfide) groups is 1. The second-order valence-corrected chi connectivity index (χ2v) is 8.43. The van der Waals surface area contributed by atoms with Gasteiger partial charge in [0.15, 0.2) is 0 Å². The van der Waals surface area contributed by atoms with Gasteiger partial charge in [-0.2, -0.15) is 0 Å². The first-order chi connectivity index (χ1) is 10.2. The number of benzene rings is 1. The van der Waals surface area contributed by atoms with Crippen molar-refractivity contribution in [3.05, 3.63) is 29.8 Å². The fourth-order valence-corrected chi connectivity index (χ4v) is 5.38. The van der Waals surface area contributed by atoms with Gasteiger partial charge in [-0.25, -0.2) is 0 Å². The molecule has 2 heterocycles. The molecule has 0 spiro atoms. The van der Waals surface area contributed by atoms with Gasteiger partial charge >= 0.3 is 0 Å². The van der Waals surface area contributed by atoms with E-state index in [1.807, 2.05) is 11.8 Å². The first-order valence-electron chi connectivity index (χ1n) is 8.37. The maximum absolute atomic E-state index is 3.72. The minimum Gasteiger partial charge on any atom is -0.311 e. The number of rotatable bonds is 3. The van der Waals surface area contributed by atoms with Crippen LogP contribution in [0.3, 0.4) is 0 Å². The van der Waals surface area contributed by atoms with E-state index in [1.165, 1.54) is 43.1 Å². The van der Waals surface area contributed by atoms with Crippen molar-refractivity contribution >= 4 is 11.8 Å². The van der Waals surface area contributed by atoms with Gasteiger partial charge in [0.25, 0.3) is 0 Å². The van der Waals surface area contributed by atoms with E-state index in [0.717, 1.165) is 11.8 Å². The highest BCUT2D eigenvalue weighted by atomic mass is 32.2. The highest BCUT2D eigenvalue weighted by molar-refractivity contribution is 7.99. The molecule has 1 N–H and O–H groups in total. The molecular formula is C18H26N2S. The molecule has 2 nitrogen and oxygen atoms in total. The van der Waals surface area contributed by atoms with E-state index >= 15 is 0 Å². The smallest absolute Gasteiger partial charge is 0.0334 e. The van der Waals surface area contributed by atoms with Crippen LogP contribution in [-0.2, 0) is 0 Å². The highest BCUT2D eigenvalue weighted by Crippen LogP contribution is 2.46. The standard InChI is InChI=1S/C18H26N2S/c1-13-9-20(18(2,12-19-13)15-7-8-15)10-14-11-21-17-6-4-3-5-16(14)17/h3-6,13-15,19H,7-12H2,1-2H3. The van der Waals surface area contributed by atoms with E-state index in [1.54, 1.807) is 5.56 Å². The summed E-state index contributed by atoms with van der Waals surface area (Å²) in [4.78, 5) is 4.33. The van der Waals surface area contributed by atoms with E-state index in [9.17, 15) is 0 Å². The van der Waals surface area contributed by atoms with Crippen LogP contribution in [0.1, 0.15) is 38.2 Å². The highest BCUT2D eigenvalue weighted by Gasteiger charge is 2.48. The Morgan fingerprint density at radius 3 is 2.95 bits per heavy atom. The van der Waals surface area contributed by atoms with Crippen molar-refractivity contribution in [1.29, 1.82) is 0 Å². The topological polar surface area (TPSA) is 15.3 Å². The lowest BCUT2D eigenvalue weighted by molar-refractivity contribution is 0.0346. The zero-order chi connectivity index (χ0) is 14.4. The van der Waals surface area contributed by atoms with Gasteiger partial charge in [-0.15, -0.1) is 11.8 Å². The van der Waals surface area contributed by atoms with Crippen LogP contribution >= 0.6 is 11.8 Å². The minimum absolute atomic E-state index is 0.384. The number of piperazine rings is 1. The number of nitrogens with one attached hydrogen (secondary N) is 1. The van der Waals surface area contributed by atoms with Crippen molar-refractivity contribution in [3.63, 3.8) is 0 Å². The van der Waals surface area contributed by atoms with Crippen molar-refractivity contribution in [3.8, 4) is 0 Å². The normalized spacial score (nSPS) is 36.7. The van der Waals surface area contributed by atoms with Gasteiger partial charge in [0.1, 0.15) is 0 Å². The molecule has 0 radical (unpaired) electrons. The van der Waals surface area contributed by atoms with Crippen molar-refractivity contribution in [2.75, 3.05) is 25.4 Å². The van der Waals surface area contributed by atoms with Gasteiger partial charge in [-0.1, -0.05) is 18.2 Å². The Morgan fingerprint density at radius 2 is 2.14 bits per heavy atom. The molecule has 0 bridgehead atoms. The number of fused-ring (bicyclic) bond motifs is 1. The number of hydrogen-bond donors (Lipinski definition) is 1. The van der Waals surface area contributed by atoms with E-state index in [4.69, 9.17) is 0 Å². The maximum atomic E-state index is 3.72. The van der Waals surface area contributed by atoms with Gasteiger partial charge in [0, 0.05) is 47.8 Å². The van der Waals surface area contributed by atoms with Gasteiger partial charge < -0.3 is 5.32 Å². The summed E-state index contributed by atoms with van der Waals surface area (Å²) >= 11 is 2.05. The lowest BCUT2D eigenvalue weighted by Crippen LogP contribution is -2.64. The first kappa shape index (κ1) is 14.1. The summed E-state index contributed by atoms with van der Waals surface area (Å²) in [5.41, 5.74) is 1.97. The molecule has 21 heavy (non-hydrogen) atoms. The fraction of sp³-hybridized carbons (Fsp3) is 0.667. The number of nitrogens with zero attached hydrogens (tertiary/aromatic N) is 1. The molecular weight excluding hydrogens is 276 g/mol. The SMILES string of the molecule is CC1CN(CC2CSc3ccccc32)C(C)(C2CC2)CN1. The van der Waals surface area contributed by atoms with Crippen molar-refractivity contribution in [2.24, 2.45) is 5.92 Å². The monoisotopic (exact) mass is 302 g/mol. The third-order valence-electron chi connectivity index (χ3n) is 5.72. The summed E-state index contributed by atoms with van der Waals surface area (Å²) in [6.45, 7) is 8.44. The molecule has 2 fully saturated rings. The average molecular weight is 302 g/mol.